The number of aryl methyl sites for hydroxylation is 1. The highest BCUT2D eigenvalue weighted by atomic mass is 16.5. The largest absolute Gasteiger partial charge is 0.449 e. The molecule has 0 radical (unpaired) electrons. The number of amides is 1. The molecule has 4 nitrogen and oxygen atoms in total. The van der Waals surface area contributed by atoms with Crippen LogP contribution in [0.15, 0.2) is 72.8 Å². The molecule has 0 atom stereocenters. The fourth-order valence-corrected chi connectivity index (χ4v) is 4.14. The SMILES string of the molecule is Cc1cc(CO)ccc1C=CCCNC(=O)OCC1c2ccccc2-c2ccccc21. The van der Waals surface area contributed by atoms with Crippen LogP contribution in [0.25, 0.3) is 17.2 Å². The molecule has 4 rings (SSSR count). The van der Waals surface area contributed by atoms with Crippen molar-refractivity contribution in [3.05, 3.63) is 101 Å². The summed E-state index contributed by atoms with van der Waals surface area (Å²) in [6, 6.07) is 22.5. The van der Waals surface area contributed by atoms with E-state index in [1.165, 1.54) is 22.3 Å². The highest BCUT2D eigenvalue weighted by Gasteiger charge is 2.28. The number of fused-ring (bicyclic) bond motifs is 3. The molecule has 31 heavy (non-hydrogen) atoms. The van der Waals surface area contributed by atoms with E-state index in [0.29, 0.717) is 19.6 Å². The quantitative estimate of drug-likeness (QED) is 0.508. The number of alkyl carbamates (subject to hydrolysis) is 1. The summed E-state index contributed by atoms with van der Waals surface area (Å²) in [7, 11) is 0. The van der Waals surface area contributed by atoms with E-state index in [1.807, 2.05) is 61.5 Å². The average molecular weight is 414 g/mol. The first-order chi connectivity index (χ1) is 15.2. The second kappa shape index (κ2) is 9.63. The van der Waals surface area contributed by atoms with Gasteiger partial charge in [-0.15, -0.1) is 0 Å². The lowest BCUT2D eigenvalue weighted by Crippen LogP contribution is -2.26. The van der Waals surface area contributed by atoms with Gasteiger partial charge in [-0.2, -0.15) is 0 Å². The number of hydrogen-bond donors (Lipinski definition) is 2. The molecule has 0 saturated heterocycles. The van der Waals surface area contributed by atoms with Crippen LogP contribution in [0.3, 0.4) is 0 Å². The van der Waals surface area contributed by atoms with Gasteiger partial charge in [0.15, 0.2) is 0 Å². The molecule has 1 aliphatic carbocycles. The third kappa shape index (κ3) is 4.70. The lowest BCUT2D eigenvalue weighted by atomic mass is 9.98. The number of nitrogens with one attached hydrogen (secondary N) is 1. The van der Waals surface area contributed by atoms with E-state index in [2.05, 4.69) is 29.6 Å². The zero-order valence-electron chi connectivity index (χ0n) is 17.7. The van der Waals surface area contributed by atoms with Gasteiger partial charge in [-0.25, -0.2) is 4.79 Å². The third-order valence-corrected chi connectivity index (χ3v) is 5.74. The van der Waals surface area contributed by atoms with Gasteiger partial charge in [-0.05, 0) is 52.3 Å². The highest BCUT2D eigenvalue weighted by molar-refractivity contribution is 5.79. The second-order valence-corrected chi connectivity index (χ2v) is 7.79. The van der Waals surface area contributed by atoms with Crippen molar-refractivity contribution < 1.29 is 14.6 Å². The summed E-state index contributed by atoms with van der Waals surface area (Å²) in [5.41, 5.74) is 8.00. The Morgan fingerprint density at radius 1 is 1.03 bits per heavy atom. The second-order valence-electron chi connectivity index (χ2n) is 7.79. The standard InChI is InChI=1S/C27H27NO3/c1-19-16-20(17-29)13-14-21(19)8-6-7-15-28-27(30)31-18-26-24-11-4-2-9-22(24)23-10-3-5-12-25(23)26/h2-6,8-14,16,26,29H,7,15,17-18H2,1H3,(H,28,30). The Morgan fingerprint density at radius 2 is 1.71 bits per heavy atom. The van der Waals surface area contributed by atoms with Crippen LogP contribution in [0.1, 0.15) is 40.2 Å². The summed E-state index contributed by atoms with van der Waals surface area (Å²) in [6.07, 6.45) is 4.39. The predicted octanol–water partition coefficient (Wildman–Crippen LogP) is 5.43. The van der Waals surface area contributed by atoms with Gasteiger partial charge >= 0.3 is 6.09 Å². The van der Waals surface area contributed by atoms with E-state index in [0.717, 1.165) is 16.7 Å². The lowest BCUT2D eigenvalue weighted by Gasteiger charge is -2.14. The maximum absolute atomic E-state index is 12.2. The lowest BCUT2D eigenvalue weighted by molar-refractivity contribution is 0.143. The van der Waals surface area contributed by atoms with E-state index >= 15 is 0 Å². The highest BCUT2D eigenvalue weighted by Crippen LogP contribution is 2.44. The number of rotatable bonds is 7. The fraction of sp³-hybridized carbons (Fsp3) is 0.222. The first kappa shape index (κ1) is 20.9. The molecule has 0 aromatic heterocycles. The van der Waals surface area contributed by atoms with E-state index in [-0.39, 0.29) is 12.5 Å². The molecule has 0 saturated carbocycles. The fourth-order valence-electron chi connectivity index (χ4n) is 4.14. The van der Waals surface area contributed by atoms with Crippen molar-refractivity contribution >= 4 is 12.2 Å². The van der Waals surface area contributed by atoms with Gasteiger partial charge in [0.25, 0.3) is 0 Å². The summed E-state index contributed by atoms with van der Waals surface area (Å²) < 4.78 is 5.55. The molecule has 158 valence electrons. The Morgan fingerprint density at radius 3 is 2.35 bits per heavy atom. The molecular formula is C27H27NO3. The van der Waals surface area contributed by atoms with Crippen molar-refractivity contribution in [2.75, 3.05) is 13.2 Å². The van der Waals surface area contributed by atoms with Crippen LogP contribution in [0.5, 0.6) is 0 Å². The molecule has 1 aliphatic rings. The van der Waals surface area contributed by atoms with Crippen LogP contribution < -0.4 is 5.32 Å². The van der Waals surface area contributed by atoms with Gasteiger partial charge in [0, 0.05) is 12.5 Å². The van der Waals surface area contributed by atoms with Crippen LogP contribution in [0, 0.1) is 6.92 Å². The average Bonchev–Trinajstić information content (AvgIpc) is 3.12. The maximum Gasteiger partial charge on any atom is 0.407 e. The molecule has 0 spiro atoms. The van der Waals surface area contributed by atoms with Crippen LogP contribution >= 0.6 is 0 Å². The summed E-state index contributed by atoms with van der Waals surface area (Å²) >= 11 is 0. The van der Waals surface area contributed by atoms with Crippen molar-refractivity contribution in [1.29, 1.82) is 0 Å². The molecule has 0 unspecified atom stereocenters. The van der Waals surface area contributed by atoms with Gasteiger partial charge < -0.3 is 15.2 Å². The Labute approximate surface area is 183 Å². The molecule has 0 heterocycles. The minimum Gasteiger partial charge on any atom is -0.449 e. The normalized spacial score (nSPS) is 12.6. The Hall–Kier alpha value is -3.37. The number of carbonyl (C=O) groups is 1. The zero-order valence-corrected chi connectivity index (χ0v) is 17.7. The van der Waals surface area contributed by atoms with Gasteiger partial charge in [-0.1, -0.05) is 78.9 Å². The molecular weight excluding hydrogens is 386 g/mol. The van der Waals surface area contributed by atoms with E-state index < -0.39 is 6.09 Å². The topological polar surface area (TPSA) is 58.6 Å². The Kier molecular flexibility index (Phi) is 6.48. The van der Waals surface area contributed by atoms with Crippen LogP contribution in [0.4, 0.5) is 4.79 Å². The molecule has 3 aromatic rings. The summed E-state index contributed by atoms with van der Waals surface area (Å²) in [4.78, 5) is 12.2. The minimum absolute atomic E-state index is 0.0505. The van der Waals surface area contributed by atoms with Crippen molar-refractivity contribution in [2.45, 2.75) is 25.9 Å². The zero-order chi connectivity index (χ0) is 21.6. The Bertz CT molecular complexity index is 1060. The molecule has 3 aromatic carbocycles. The van der Waals surface area contributed by atoms with E-state index in [9.17, 15) is 9.90 Å². The van der Waals surface area contributed by atoms with Crippen molar-refractivity contribution in [3.63, 3.8) is 0 Å². The molecule has 0 fully saturated rings. The number of ether oxygens (including phenoxy) is 1. The molecule has 0 aliphatic heterocycles. The van der Waals surface area contributed by atoms with E-state index in [4.69, 9.17) is 4.74 Å². The number of aliphatic hydroxyl groups excluding tert-OH is 1. The van der Waals surface area contributed by atoms with Crippen LogP contribution in [-0.2, 0) is 11.3 Å². The van der Waals surface area contributed by atoms with E-state index in [1.54, 1.807) is 0 Å². The number of aliphatic hydroxyl groups is 1. The maximum atomic E-state index is 12.2. The van der Waals surface area contributed by atoms with Crippen LogP contribution in [0.2, 0.25) is 0 Å². The molecule has 0 bridgehead atoms. The summed E-state index contributed by atoms with van der Waals surface area (Å²) in [5.74, 6) is 0.0721. The minimum atomic E-state index is -0.390. The first-order valence-electron chi connectivity index (χ1n) is 10.6. The first-order valence-corrected chi connectivity index (χ1v) is 10.6. The van der Waals surface area contributed by atoms with Gasteiger partial charge in [0.1, 0.15) is 6.61 Å². The smallest absolute Gasteiger partial charge is 0.407 e. The van der Waals surface area contributed by atoms with Gasteiger partial charge in [-0.3, -0.25) is 0 Å². The number of benzene rings is 3. The molecule has 4 heteroatoms. The number of carbonyl (C=O) groups excluding carboxylic acids is 1. The summed E-state index contributed by atoms with van der Waals surface area (Å²) in [6.45, 7) is 2.91. The molecule has 1 amide bonds. The predicted molar refractivity (Wildman–Crippen MR) is 124 cm³/mol. The Balaban J connectivity index is 1.27. The van der Waals surface area contributed by atoms with Crippen molar-refractivity contribution in [3.8, 4) is 11.1 Å². The van der Waals surface area contributed by atoms with Crippen molar-refractivity contribution in [1.82, 2.24) is 5.32 Å². The van der Waals surface area contributed by atoms with Crippen molar-refractivity contribution in [2.24, 2.45) is 0 Å². The number of hydrogen-bond acceptors (Lipinski definition) is 3. The van der Waals surface area contributed by atoms with Gasteiger partial charge in [0.2, 0.25) is 0 Å². The third-order valence-electron chi connectivity index (χ3n) is 5.74. The molecule has 2 N–H and O–H groups in total. The van der Waals surface area contributed by atoms with Gasteiger partial charge in [0.05, 0.1) is 6.61 Å². The van der Waals surface area contributed by atoms with Crippen LogP contribution in [-0.4, -0.2) is 24.4 Å². The monoisotopic (exact) mass is 413 g/mol. The summed E-state index contributed by atoms with van der Waals surface area (Å²) in [5, 5.41) is 12.0.